The van der Waals surface area contributed by atoms with E-state index in [-0.39, 0.29) is 17.9 Å². The van der Waals surface area contributed by atoms with Gasteiger partial charge in [-0.3, -0.25) is 4.79 Å². The van der Waals surface area contributed by atoms with E-state index in [1.54, 1.807) is 4.90 Å². The summed E-state index contributed by atoms with van der Waals surface area (Å²) in [4.78, 5) is 26.1. The molecule has 2 amide bonds. The number of hydrogen-bond donors (Lipinski definition) is 1. The molecule has 5 heteroatoms. The molecule has 0 aliphatic carbocycles. The molecule has 1 aromatic rings. The zero-order chi connectivity index (χ0) is 16.2. The fourth-order valence-electron chi connectivity index (χ4n) is 2.45. The van der Waals surface area contributed by atoms with Crippen LogP contribution in [-0.2, 0) is 9.53 Å². The molecule has 1 fully saturated rings. The van der Waals surface area contributed by atoms with E-state index in [2.05, 4.69) is 5.32 Å². The van der Waals surface area contributed by atoms with Crippen molar-refractivity contribution in [3.63, 3.8) is 0 Å². The number of ether oxygens (including phenoxy) is 1. The van der Waals surface area contributed by atoms with Gasteiger partial charge in [-0.25, -0.2) is 4.79 Å². The topological polar surface area (TPSA) is 58.6 Å². The first-order valence-electron chi connectivity index (χ1n) is 7.69. The standard InChI is InChI=1S/C17H24N2O3/c1-17(2,3)22-16(21)19-11-7-8-13(12-19)15(20)18-14-9-5-4-6-10-14/h4-6,9-10,13H,7-8,11-12H2,1-3H3,(H,18,20)/t13-/m0/s1. The minimum absolute atomic E-state index is 0.0422. The van der Waals surface area contributed by atoms with Gasteiger partial charge in [-0.15, -0.1) is 0 Å². The Labute approximate surface area is 131 Å². The molecule has 2 rings (SSSR count). The van der Waals surface area contributed by atoms with Crippen molar-refractivity contribution in [2.24, 2.45) is 5.92 Å². The summed E-state index contributed by atoms with van der Waals surface area (Å²) in [6.07, 6.45) is 1.26. The van der Waals surface area contributed by atoms with Gasteiger partial charge in [-0.05, 0) is 45.7 Å². The normalized spacial score (nSPS) is 18.7. The van der Waals surface area contributed by atoms with Gasteiger partial charge in [0, 0.05) is 18.8 Å². The van der Waals surface area contributed by atoms with Crippen molar-refractivity contribution in [2.75, 3.05) is 18.4 Å². The van der Waals surface area contributed by atoms with Crippen LogP contribution >= 0.6 is 0 Å². The Bertz CT molecular complexity index is 522. The lowest BCUT2D eigenvalue weighted by atomic mass is 9.97. The lowest BCUT2D eigenvalue weighted by Gasteiger charge is -2.33. The van der Waals surface area contributed by atoms with E-state index in [1.165, 1.54) is 0 Å². The molecular weight excluding hydrogens is 280 g/mol. The van der Waals surface area contributed by atoms with E-state index in [1.807, 2.05) is 51.1 Å². The monoisotopic (exact) mass is 304 g/mol. The van der Waals surface area contributed by atoms with Gasteiger partial charge in [0.05, 0.1) is 5.92 Å². The highest BCUT2D eigenvalue weighted by molar-refractivity contribution is 5.93. The van der Waals surface area contributed by atoms with Gasteiger partial charge >= 0.3 is 6.09 Å². The minimum Gasteiger partial charge on any atom is -0.444 e. The van der Waals surface area contributed by atoms with Crippen LogP contribution in [0.1, 0.15) is 33.6 Å². The van der Waals surface area contributed by atoms with Crippen LogP contribution in [0.25, 0.3) is 0 Å². The summed E-state index contributed by atoms with van der Waals surface area (Å²) >= 11 is 0. The van der Waals surface area contributed by atoms with Gasteiger partial charge in [-0.2, -0.15) is 0 Å². The van der Waals surface area contributed by atoms with Gasteiger partial charge in [-0.1, -0.05) is 18.2 Å². The second kappa shape index (κ2) is 6.81. The highest BCUT2D eigenvalue weighted by Gasteiger charge is 2.30. The second-order valence-corrected chi connectivity index (χ2v) is 6.62. The second-order valence-electron chi connectivity index (χ2n) is 6.62. The number of amides is 2. The summed E-state index contributed by atoms with van der Waals surface area (Å²) in [7, 11) is 0. The Morgan fingerprint density at radius 3 is 2.55 bits per heavy atom. The Balaban J connectivity index is 1.92. The summed E-state index contributed by atoms with van der Waals surface area (Å²) in [6, 6.07) is 9.37. The Morgan fingerprint density at radius 1 is 1.23 bits per heavy atom. The van der Waals surface area contributed by atoms with Gasteiger partial charge in [0.15, 0.2) is 0 Å². The Morgan fingerprint density at radius 2 is 1.91 bits per heavy atom. The number of rotatable bonds is 2. The fraction of sp³-hybridized carbons (Fsp3) is 0.529. The number of nitrogens with one attached hydrogen (secondary N) is 1. The number of nitrogens with zero attached hydrogens (tertiary/aromatic N) is 1. The van der Waals surface area contributed by atoms with Crippen LogP contribution in [0.2, 0.25) is 0 Å². The van der Waals surface area contributed by atoms with Crippen molar-refractivity contribution in [3.8, 4) is 0 Å². The molecule has 0 radical (unpaired) electrons. The summed E-state index contributed by atoms with van der Waals surface area (Å²) in [5, 5.41) is 2.90. The van der Waals surface area contributed by atoms with E-state index in [0.717, 1.165) is 18.5 Å². The maximum atomic E-state index is 12.3. The van der Waals surface area contributed by atoms with Crippen LogP contribution in [0, 0.1) is 5.92 Å². The van der Waals surface area contributed by atoms with E-state index < -0.39 is 5.60 Å². The molecule has 0 aromatic heterocycles. The molecule has 1 heterocycles. The average molecular weight is 304 g/mol. The third-order valence-corrected chi connectivity index (χ3v) is 3.49. The van der Waals surface area contributed by atoms with E-state index in [4.69, 9.17) is 4.74 Å². The first-order valence-corrected chi connectivity index (χ1v) is 7.69. The number of likely N-dealkylation sites (tertiary alicyclic amines) is 1. The van der Waals surface area contributed by atoms with Crippen molar-refractivity contribution in [1.82, 2.24) is 4.90 Å². The molecule has 22 heavy (non-hydrogen) atoms. The van der Waals surface area contributed by atoms with E-state index >= 15 is 0 Å². The predicted molar refractivity (Wildman–Crippen MR) is 85.6 cm³/mol. The van der Waals surface area contributed by atoms with Crippen LogP contribution in [0.3, 0.4) is 0 Å². The quantitative estimate of drug-likeness (QED) is 0.912. The van der Waals surface area contributed by atoms with Gasteiger partial charge < -0.3 is 15.0 Å². The summed E-state index contributed by atoms with van der Waals surface area (Å²) in [5.74, 6) is -0.235. The zero-order valence-corrected chi connectivity index (χ0v) is 13.5. The average Bonchev–Trinajstić information content (AvgIpc) is 2.46. The highest BCUT2D eigenvalue weighted by atomic mass is 16.6. The molecule has 5 nitrogen and oxygen atoms in total. The zero-order valence-electron chi connectivity index (χ0n) is 13.5. The fourth-order valence-corrected chi connectivity index (χ4v) is 2.45. The van der Waals surface area contributed by atoms with Crippen molar-refractivity contribution >= 4 is 17.7 Å². The van der Waals surface area contributed by atoms with Crippen molar-refractivity contribution in [2.45, 2.75) is 39.2 Å². The molecular formula is C17H24N2O3. The number of para-hydroxylation sites is 1. The van der Waals surface area contributed by atoms with Gasteiger partial charge in [0.1, 0.15) is 5.60 Å². The molecule has 120 valence electrons. The maximum absolute atomic E-state index is 12.3. The van der Waals surface area contributed by atoms with Crippen molar-refractivity contribution in [1.29, 1.82) is 0 Å². The number of hydrogen-bond acceptors (Lipinski definition) is 3. The van der Waals surface area contributed by atoms with Crippen LogP contribution in [0.4, 0.5) is 10.5 Å². The smallest absolute Gasteiger partial charge is 0.410 e. The molecule has 0 saturated carbocycles. The number of anilines is 1. The maximum Gasteiger partial charge on any atom is 0.410 e. The third kappa shape index (κ3) is 4.76. The summed E-state index contributed by atoms with van der Waals surface area (Å²) < 4.78 is 5.38. The van der Waals surface area contributed by atoms with Gasteiger partial charge in [0.25, 0.3) is 0 Å². The minimum atomic E-state index is -0.518. The van der Waals surface area contributed by atoms with E-state index in [0.29, 0.717) is 13.1 Å². The van der Waals surface area contributed by atoms with Crippen molar-refractivity contribution < 1.29 is 14.3 Å². The number of carbonyl (C=O) groups is 2. The molecule has 1 atom stereocenters. The molecule has 0 bridgehead atoms. The molecule has 0 unspecified atom stereocenters. The third-order valence-electron chi connectivity index (χ3n) is 3.49. The number of piperidine rings is 1. The largest absolute Gasteiger partial charge is 0.444 e. The first kappa shape index (κ1) is 16.3. The Kier molecular flexibility index (Phi) is 5.06. The van der Waals surface area contributed by atoms with E-state index in [9.17, 15) is 9.59 Å². The molecule has 1 aliphatic rings. The molecule has 1 aliphatic heterocycles. The highest BCUT2D eigenvalue weighted by Crippen LogP contribution is 2.21. The first-order chi connectivity index (χ1) is 10.3. The predicted octanol–water partition coefficient (Wildman–Crippen LogP) is 3.27. The lowest BCUT2D eigenvalue weighted by molar-refractivity contribution is -0.121. The van der Waals surface area contributed by atoms with Crippen LogP contribution in [0.5, 0.6) is 0 Å². The number of benzene rings is 1. The molecule has 1 aromatic carbocycles. The van der Waals surface area contributed by atoms with Crippen molar-refractivity contribution in [3.05, 3.63) is 30.3 Å². The summed E-state index contributed by atoms with van der Waals surface area (Å²) in [6.45, 7) is 6.58. The molecule has 1 N–H and O–H groups in total. The molecule has 1 saturated heterocycles. The Hall–Kier alpha value is -2.04. The van der Waals surface area contributed by atoms with Crippen LogP contribution in [-0.4, -0.2) is 35.6 Å². The molecule has 0 spiro atoms. The lowest BCUT2D eigenvalue weighted by Crippen LogP contribution is -2.45. The SMILES string of the molecule is CC(C)(C)OC(=O)N1CCC[C@H](C(=O)Nc2ccccc2)C1. The van der Waals surface area contributed by atoms with Gasteiger partial charge in [0.2, 0.25) is 5.91 Å². The number of carbonyl (C=O) groups excluding carboxylic acids is 2. The van der Waals surface area contributed by atoms with Crippen LogP contribution < -0.4 is 5.32 Å². The van der Waals surface area contributed by atoms with Crippen LogP contribution in [0.15, 0.2) is 30.3 Å². The summed E-state index contributed by atoms with van der Waals surface area (Å²) in [5.41, 5.74) is 0.262.